The van der Waals surface area contributed by atoms with Crippen molar-refractivity contribution in [3.05, 3.63) is 119 Å². The molecule has 0 aliphatic carbocycles. The van der Waals surface area contributed by atoms with Gasteiger partial charge in [-0.05, 0) is 42.8 Å². The third-order valence-electron chi connectivity index (χ3n) is 8.85. The number of alkyl halides is 6. The van der Waals surface area contributed by atoms with Crippen molar-refractivity contribution in [2.45, 2.75) is 31.9 Å². The van der Waals surface area contributed by atoms with E-state index in [-0.39, 0.29) is 42.0 Å². The minimum absolute atomic E-state index is 0.0720. The number of carbonyl (C=O) groups is 2. The first-order chi connectivity index (χ1) is 32.2. The van der Waals surface area contributed by atoms with Gasteiger partial charge in [-0.2, -0.15) is 50.4 Å². The van der Waals surface area contributed by atoms with E-state index in [1.54, 1.807) is 45.0 Å². The maximum atomic E-state index is 12.8. The lowest BCUT2D eigenvalue weighted by atomic mass is 10.1. The number of anilines is 4. The number of hydrogen-bond donors (Lipinski definition) is 2. The highest BCUT2D eigenvalue weighted by atomic mass is 32.1. The van der Waals surface area contributed by atoms with E-state index < -0.39 is 30.1 Å². The fourth-order valence-corrected chi connectivity index (χ4v) is 7.53. The summed E-state index contributed by atoms with van der Waals surface area (Å²) in [5, 5.41) is 31.9. The summed E-state index contributed by atoms with van der Waals surface area (Å²) < 4.78 is 94.2. The quantitative estimate of drug-likeness (QED) is 0.0875. The van der Waals surface area contributed by atoms with Crippen LogP contribution >= 0.6 is 35.7 Å². The minimum atomic E-state index is -4.73. The van der Waals surface area contributed by atoms with Gasteiger partial charge in [-0.1, -0.05) is 10.3 Å². The van der Waals surface area contributed by atoms with Crippen molar-refractivity contribution in [1.82, 2.24) is 65.5 Å². The Labute approximate surface area is 383 Å². The first kappa shape index (κ1) is 47.4. The second-order valence-corrected chi connectivity index (χ2v) is 15.6. The number of thiophene rings is 2. The number of hydrogen-bond acceptors (Lipinski definition) is 21. The summed E-state index contributed by atoms with van der Waals surface area (Å²) in [6.45, 7) is 1.80. The summed E-state index contributed by atoms with van der Waals surface area (Å²) >= 11 is 4.35. The van der Waals surface area contributed by atoms with Crippen LogP contribution in [0.2, 0.25) is 0 Å². The van der Waals surface area contributed by atoms with Gasteiger partial charge >= 0.3 is 30.1 Å². The molecular weight excluding hydrogens is 964 g/mol. The average Bonchev–Trinajstić information content (AvgIpc) is 4.16. The van der Waals surface area contributed by atoms with Crippen molar-refractivity contribution < 1.29 is 54.0 Å². The molecule has 346 valence electrons. The first-order valence-electron chi connectivity index (χ1n) is 18.6. The Morgan fingerprint density at radius 2 is 1.13 bits per heavy atom. The van der Waals surface area contributed by atoms with Gasteiger partial charge in [0.1, 0.15) is 0 Å². The smallest absolute Gasteiger partial charge is 0.471 e. The zero-order chi connectivity index (χ0) is 47.7. The van der Waals surface area contributed by atoms with Crippen LogP contribution in [0.15, 0.2) is 95.0 Å². The van der Waals surface area contributed by atoms with Crippen molar-refractivity contribution in [3.8, 4) is 21.4 Å². The zero-order valence-electron chi connectivity index (χ0n) is 33.3. The second-order valence-electron chi connectivity index (χ2n) is 13.2. The number of carboxylic acid groups (broad SMARTS) is 1. The van der Waals surface area contributed by atoms with Gasteiger partial charge < -0.3 is 28.9 Å². The number of rotatable bonds is 12. The summed E-state index contributed by atoms with van der Waals surface area (Å²) in [6, 6.07) is 9.52. The van der Waals surface area contributed by atoms with Crippen LogP contribution < -0.4 is 9.80 Å². The standard InChI is InChI=1S/C20H15F3N8O2S.C17H10F3N7O3S.FHS/c21-20(22,23)19-27-17(29-33-19)14-3-2-13(34-14)11-31(16-10-24-4-5-25-16)15-8-12(9-26-28-15)18(32)30-6-1-7-30;18-17(19,20)16-24-14(26-30-16)11-2-1-10(31-11)8-27(13-7-21-3-4-22-13)12-5-9(15(28)29)6-23-25-12;1-2/h2-5,8-10H,1,6-7,11H2;1-7H,8H2,(H,28,29);2H. The number of carboxylic acids is 1. The molecule has 0 atom stereocenters. The highest BCUT2D eigenvalue weighted by molar-refractivity contribution is 7.74. The number of nitrogens with zero attached hydrogens (tertiary/aromatic N) is 15. The van der Waals surface area contributed by atoms with Crippen molar-refractivity contribution in [1.29, 1.82) is 0 Å². The third-order valence-corrected chi connectivity index (χ3v) is 11.0. The van der Waals surface area contributed by atoms with Crippen LogP contribution in [-0.2, 0) is 25.4 Å². The predicted molar refractivity (Wildman–Crippen MR) is 223 cm³/mol. The molecule has 1 aliphatic rings. The van der Waals surface area contributed by atoms with Gasteiger partial charge in [0.05, 0.1) is 58.8 Å². The van der Waals surface area contributed by atoms with E-state index in [0.717, 1.165) is 28.8 Å². The number of aromatic nitrogens is 12. The van der Waals surface area contributed by atoms with Crippen molar-refractivity contribution >= 4 is 70.8 Å². The Bertz CT molecular complexity index is 2920. The normalized spacial score (nSPS) is 12.3. The number of aromatic carboxylic acids is 1. The number of halogens is 7. The molecule has 8 aromatic heterocycles. The summed E-state index contributed by atoms with van der Waals surface area (Å²) in [5.41, 5.74) is 0.328. The molecule has 9 rings (SSSR count). The molecule has 1 aliphatic heterocycles. The Kier molecular flexibility index (Phi) is 14.6. The second kappa shape index (κ2) is 20.7. The zero-order valence-corrected chi connectivity index (χ0v) is 35.8. The average molecular weight is 990 g/mol. The topological polar surface area (TPSA) is 245 Å². The molecule has 1 fully saturated rings. The summed E-state index contributed by atoms with van der Waals surface area (Å²) in [5.74, 6) is -3.08. The molecule has 1 N–H and O–H groups in total. The molecule has 1 amide bonds. The number of likely N-dealkylation sites (tertiary alicyclic amines) is 1. The fraction of sp³-hybridized carbons (Fsp3) is 0.189. The van der Waals surface area contributed by atoms with Gasteiger partial charge in [0.25, 0.3) is 5.91 Å². The van der Waals surface area contributed by atoms with E-state index in [0.29, 0.717) is 50.7 Å². The fourth-order valence-electron chi connectivity index (χ4n) is 5.69. The molecule has 20 nitrogen and oxygen atoms in total. The van der Waals surface area contributed by atoms with Crippen molar-refractivity contribution in [3.63, 3.8) is 0 Å². The van der Waals surface area contributed by atoms with Crippen molar-refractivity contribution in [2.75, 3.05) is 22.9 Å². The lowest BCUT2D eigenvalue weighted by Crippen LogP contribution is -2.42. The minimum Gasteiger partial charge on any atom is -0.478 e. The molecule has 0 spiro atoms. The number of thiol groups is 1. The van der Waals surface area contributed by atoms with Crippen LogP contribution in [0.25, 0.3) is 21.4 Å². The Morgan fingerprint density at radius 1 is 0.672 bits per heavy atom. The van der Waals surface area contributed by atoms with Crippen LogP contribution in [0.3, 0.4) is 0 Å². The molecule has 0 bridgehead atoms. The SMILES string of the molecule is FS.O=C(O)c1cnnc(N(Cc2ccc(-c3noc(C(F)(F)F)n3)s2)c2cnccn2)c1.O=C(c1cnnc(N(Cc2ccc(-c3noc(C(F)(F)F)n3)s2)c2cnccn2)c1)N1CCC1. The lowest BCUT2D eigenvalue weighted by Gasteiger charge is -2.31. The van der Waals surface area contributed by atoms with Crippen LogP contribution in [0, 0.1) is 0 Å². The van der Waals surface area contributed by atoms with E-state index >= 15 is 0 Å². The largest absolute Gasteiger partial charge is 0.478 e. The molecule has 67 heavy (non-hydrogen) atoms. The molecule has 0 saturated carbocycles. The number of carbonyl (C=O) groups excluding carboxylic acids is 1. The number of amides is 1. The highest BCUT2D eigenvalue weighted by Gasteiger charge is 2.39. The summed E-state index contributed by atoms with van der Waals surface area (Å²) in [6.07, 6.45) is 3.00. The van der Waals surface area contributed by atoms with Crippen LogP contribution in [0.4, 0.5) is 53.5 Å². The van der Waals surface area contributed by atoms with Crippen LogP contribution in [0.5, 0.6) is 0 Å². The van der Waals surface area contributed by atoms with Crippen LogP contribution in [0.1, 0.15) is 48.7 Å². The highest BCUT2D eigenvalue weighted by Crippen LogP contribution is 2.35. The van der Waals surface area contributed by atoms with E-state index in [1.807, 2.05) is 13.0 Å². The van der Waals surface area contributed by atoms with Gasteiger partial charge in [-0.15, -0.1) is 32.9 Å². The van der Waals surface area contributed by atoms with Gasteiger partial charge in [-0.25, -0.2) is 14.8 Å². The lowest BCUT2D eigenvalue weighted by molar-refractivity contribution is -0.160. The maximum Gasteiger partial charge on any atom is 0.471 e. The third kappa shape index (κ3) is 11.6. The van der Waals surface area contributed by atoms with Gasteiger partial charge in [0.2, 0.25) is 11.6 Å². The molecule has 0 aromatic carbocycles. The summed E-state index contributed by atoms with van der Waals surface area (Å²) in [7, 11) is 0. The predicted octanol–water partition coefficient (Wildman–Crippen LogP) is 7.82. The molecule has 0 radical (unpaired) electrons. The monoisotopic (exact) mass is 989 g/mol. The molecule has 0 unspecified atom stereocenters. The molecule has 8 aromatic rings. The van der Waals surface area contributed by atoms with Gasteiger partial charge in [0, 0.05) is 60.6 Å². The van der Waals surface area contributed by atoms with Gasteiger partial charge in [0.15, 0.2) is 23.3 Å². The van der Waals surface area contributed by atoms with Gasteiger partial charge in [-0.3, -0.25) is 14.8 Å². The molecule has 1 saturated heterocycles. The first-order valence-corrected chi connectivity index (χ1v) is 20.6. The van der Waals surface area contributed by atoms with Crippen LogP contribution in [-0.4, -0.2) is 95.6 Å². The summed E-state index contributed by atoms with van der Waals surface area (Å²) in [4.78, 5) is 54.6. The Hall–Kier alpha value is -7.60. The van der Waals surface area contributed by atoms with Crippen molar-refractivity contribution in [2.24, 2.45) is 0 Å². The molecular formula is C37H26F7N15O5S3. The molecule has 30 heteroatoms. The Morgan fingerprint density at radius 3 is 1.52 bits per heavy atom. The van der Waals surface area contributed by atoms with E-state index in [2.05, 4.69) is 69.7 Å². The van der Waals surface area contributed by atoms with E-state index in [1.165, 1.54) is 60.8 Å². The molecule has 9 heterocycles. The Balaban J connectivity index is 0.000000193. The maximum absolute atomic E-state index is 12.8. The van der Waals surface area contributed by atoms with E-state index in [9.17, 15) is 44.9 Å². The van der Waals surface area contributed by atoms with E-state index in [4.69, 9.17) is 0 Å².